The first kappa shape index (κ1) is 6.66. The smallest absolute Gasteiger partial charge is 0.00724 e. The molecule has 3 rings (SSSR count). The Morgan fingerprint density at radius 2 is 1.70 bits per heavy atom. The van der Waals surface area contributed by atoms with Crippen molar-refractivity contribution in [3.63, 3.8) is 0 Å². The lowest BCUT2D eigenvalue weighted by molar-refractivity contribution is 0.0134. The van der Waals surface area contributed by atoms with Gasteiger partial charge in [-0.1, -0.05) is 0 Å². The Labute approximate surface area is 63.4 Å². The molecule has 3 aliphatic heterocycles. The number of rotatable bonds is 0. The summed E-state index contributed by atoms with van der Waals surface area (Å²) in [5.74, 6) is 1.06. The van der Waals surface area contributed by atoms with Gasteiger partial charge < -0.3 is 0 Å². The minimum absolute atomic E-state index is 0.877. The maximum atomic E-state index is 2.67. The van der Waals surface area contributed by atoms with Crippen molar-refractivity contribution in [2.24, 2.45) is 5.92 Å². The highest BCUT2D eigenvalue weighted by Gasteiger charge is 2.35. The molecule has 4 atom stereocenters. The molecule has 3 fully saturated rings. The van der Waals surface area contributed by atoms with Gasteiger partial charge >= 0.3 is 0 Å². The van der Waals surface area contributed by atoms with Gasteiger partial charge in [-0.25, -0.2) is 0 Å². The molecule has 0 aliphatic carbocycles. The van der Waals surface area contributed by atoms with Crippen LogP contribution in [0.2, 0.25) is 0 Å². The Morgan fingerprint density at radius 1 is 1.10 bits per heavy atom. The molecule has 10 heavy (non-hydrogen) atoms. The SMILES string of the molecule is C[C@@H]1CC2CCN1[C@@H](C)C2. The third-order valence-corrected chi connectivity index (χ3v) is 3.28. The number of nitrogens with zero attached hydrogens (tertiary/aromatic N) is 1. The molecule has 1 nitrogen and oxygen atoms in total. The zero-order valence-corrected chi connectivity index (χ0v) is 7.01. The van der Waals surface area contributed by atoms with E-state index in [1.807, 2.05) is 0 Å². The van der Waals surface area contributed by atoms with Crippen molar-refractivity contribution < 1.29 is 0 Å². The van der Waals surface area contributed by atoms with Crippen molar-refractivity contribution in [3.05, 3.63) is 0 Å². The second kappa shape index (κ2) is 2.23. The van der Waals surface area contributed by atoms with E-state index < -0.39 is 0 Å². The summed E-state index contributed by atoms with van der Waals surface area (Å²) < 4.78 is 0. The lowest BCUT2D eigenvalue weighted by Crippen LogP contribution is -2.52. The van der Waals surface area contributed by atoms with Crippen LogP contribution in [0.3, 0.4) is 0 Å². The monoisotopic (exact) mass is 139 g/mol. The van der Waals surface area contributed by atoms with Crippen LogP contribution in [-0.4, -0.2) is 23.5 Å². The summed E-state index contributed by atoms with van der Waals surface area (Å²) in [6, 6.07) is 1.75. The van der Waals surface area contributed by atoms with Crippen LogP contribution in [0.5, 0.6) is 0 Å². The first-order valence-electron chi connectivity index (χ1n) is 4.53. The molecule has 0 spiro atoms. The second-order valence-electron chi connectivity index (χ2n) is 4.06. The molecule has 2 bridgehead atoms. The molecule has 0 aromatic heterocycles. The summed E-state index contributed by atoms with van der Waals surface area (Å²) in [4.78, 5) is 2.67. The zero-order chi connectivity index (χ0) is 7.14. The fourth-order valence-corrected chi connectivity index (χ4v) is 2.77. The zero-order valence-electron chi connectivity index (χ0n) is 7.01. The fourth-order valence-electron chi connectivity index (χ4n) is 2.77. The van der Waals surface area contributed by atoms with Gasteiger partial charge in [-0.2, -0.15) is 0 Å². The van der Waals surface area contributed by atoms with E-state index in [1.165, 1.54) is 25.8 Å². The van der Waals surface area contributed by atoms with Crippen LogP contribution in [0.15, 0.2) is 0 Å². The van der Waals surface area contributed by atoms with Gasteiger partial charge in [0.15, 0.2) is 0 Å². The number of fused-ring (bicyclic) bond motifs is 3. The van der Waals surface area contributed by atoms with Gasteiger partial charge in [0.2, 0.25) is 0 Å². The molecule has 3 heterocycles. The molecule has 58 valence electrons. The summed E-state index contributed by atoms with van der Waals surface area (Å²) in [7, 11) is 0. The number of hydrogen-bond acceptors (Lipinski definition) is 1. The highest BCUT2D eigenvalue weighted by Crippen LogP contribution is 2.35. The van der Waals surface area contributed by atoms with E-state index in [1.54, 1.807) is 0 Å². The normalized spacial score (nSPS) is 53.4. The first-order chi connectivity index (χ1) is 4.77. The summed E-state index contributed by atoms with van der Waals surface area (Å²) in [5, 5.41) is 0. The van der Waals surface area contributed by atoms with Crippen LogP contribution in [0, 0.1) is 5.92 Å². The molecule has 0 aromatic carbocycles. The largest absolute Gasteiger partial charge is 0.298 e. The van der Waals surface area contributed by atoms with E-state index in [9.17, 15) is 0 Å². The summed E-state index contributed by atoms with van der Waals surface area (Å²) in [6.45, 7) is 6.12. The second-order valence-corrected chi connectivity index (χ2v) is 4.06. The van der Waals surface area contributed by atoms with Crippen LogP contribution in [0.1, 0.15) is 33.1 Å². The predicted octanol–water partition coefficient (Wildman–Crippen LogP) is 1.88. The van der Waals surface area contributed by atoms with Crippen molar-refractivity contribution in [2.75, 3.05) is 6.54 Å². The van der Waals surface area contributed by atoms with Crippen LogP contribution >= 0.6 is 0 Å². The Balaban J connectivity index is 2.11. The Kier molecular flexibility index (Phi) is 1.48. The molecular formula is C9H17N. The van der Waals surface area contributed by atoms with E-state index in [0.717, 1.165) is 18.0 Å². The number of piperidine rings is 3. The van der Waals surface area contributed by atoms with E-state index in [0.29, 0.717) is 0 Å². The van der Waals surface area contributed by atoms with Gasteiger partial charge in [0.1, 0.15) is 0 Å². The summed E-state index contributed by atoms with van der Waals surface area (Å²) in [6.07, 6.45) is 4.39. The molecule has 3 aliphatic rings. The fraction of sp³-hybridized carbons (Fsp3) is 1.00. The van der Waals surface area contributed by atoms with Crippen LogP contribution < -0.4 is 0 Å². The first-order valence-corrected chi connectivity index (χ1v) is 4.53. The van der Waals surface area contributed by atoms with Gasteiger partial charge in [-0.3, -0.25) is 4.90 Å². The average molecular weight is 139 g/mol. The predicted molar refractivity (Wildman–Crippen MR) is 43.0 cm³/mol. The summed E-state index contributed by atoms with van der Waals surface area (Å²) in [5.41, 5.74) is 0. The van der Waals surface area contributed by atoms with E-state index in [-0.39, 0.29) is 0 Å². The molecule has 0 aromatic rings. The Morgan fingerprint density at radius 3 is 2.00 bits per heavy atom. The molecule has 3 saturated heterocycles. The van der Waals surface area contributed by atoms with Gasteiger partial charge in [0.05, 0.1) is 0 Å². The number of hydrogen-bond donors (Lipinski definition) is 0. The molecule has 0 saturated carbocycles. The standard InChI is InChI=1S/C9H17N/c1-7-5-9-3-4-10(7)8(2)6-9/h7-9H,3-6H2,1-2H3/t7-,8+,9?. The Hall–Kier alpha value is -0.0400. The molecule has 2 unspecified atom stereocenters. The maximum absolute atomic E-state index is 2.67. The van der Waals surface area contributed by atoms with Crippen molar-refractivity contribution in [1.82, 2.24) is 4.90 Å². The van der Waals surface area contributed by atoms with Crippen LogP contribution in [0.4, 0.5) is 0 Å². The lowest BCUT2D eigenvalue weighted by atomic mass is 9.80. The van der Waals surface area contributed by atoms with Crippen LogP contribution in [-0.2, 0) is 0 Å². The molecular weight excluding hydrogens is 122 g/mol. The van der Waals surface area contributed by atoms with Crippen molar-refractivity contribution in [1.29, 1.82) is 0 Å². The van der Waals surface area contributed by atoms with Crippen molar-refractivity contribution >= 4 is 0 Å². The minimum Gasteiger partial charge on any atom is -0.298 e. The minimum atomic E-state index is 0.877. The van der Waals surface area contributed by atoms with Crippen molar-refractivity contribution in [3.8, 4) is 0 Å². The molecule has 0 amide bonds. The van der Waals surface area contributed by atoms with E-state index in [4.69, 9.17) is 0 Å². The topological polar surface area (TPSA) is 3.24 Å². The summed E-state index contributed by atoms with van der Waals surface area (Å²) >= 11 is 0. The van der Waals surface area contributed by atoms with Gasteiger partial charge in [-0.05, 0) is 45.6 Å². The van der Waals surface area contributed by atoms with Gasteiger partial charge in [-0.15, -0.1) is 0 Å². The quantitative estimate of drug-likeness (QED) is 0.495. The van der Waals surface area contributed by atoms with Crippen LogP contribution in [0.25, 0.3) is 0 Å². The van der Waals surface area contributed by atoms with Gasteiger partial charge in [0, 0.05) is 12.1 Å². The maximum Gasteiger partial charge on any atom is 0.00724 e. The average Bonchev–Trinajstić information content (AvgIpc) is 1.86. The van der Waals surface area contributed by atoms with E-state index >= 15 is 0 Å². The highest BCUT2D eigenvalue weighted by atomic mass is 15.2. The van der Waals surface area contributed by atoms with Gasteiger partial charge in [0.25, 0.3) is 0 Å². The third kappa shape index (κ3) is 0.878. The van der Waals surface area contributed by atoms with Crippen molar-refractivity contribution in [2.45, 2.75) is 45.2 Å². The third-order valence-electron chi connectivity index (χ3n) is 3.28. The highest BCUT2D eigenvalue weighted by molar-refractivity contribution is 4.89. The molecule has 1 heteroatoms. The Bertz CT molecular complexity index is 121. The lowest BCUT2D eigenvalue weighted by Gasteiger charge is -2.48. The molecule has 0 N–H and O–H groups in total. The van der Waals surface area contributed by atoms with E-state index in [2.05, 4.69) is 18.7 Å². The molecule has 0 radical (unpaired) electrons.